The number of nitrogens with zero attached hydrogens (tertiary/aromatic N) is 3. The summed E-state index contributed by atoms with van der Waals surface area (Å²) in [6, 6.07) is 155. The second kappa shape index (κ2) is 31.9. The van der Waals surface area contributed by atoms with E-state index in [1.165, 1.54) is 22.3 Å². The van der Waals surface area contributed by atoms with E-state index < -0.39 is 0 Å². The van der Waals surface area contributed by atoms with Crippen molar-refractivity contribution in [2.45, 2.75) is 0 Å². The first-order valence-corrected chi connectivity index (χ1v) is 39.5. The predicted octanol–water partition coefficient (Wildman–Crippen LogP) is 27.4. The van der Waals surface area contributed by atoms with E-state index in [0.717, 1.165) is 149 Å². The topological polar surface area (TPSA) is 66.0 Å². The van der Waals surface area contributed by atoms with Crippen LogP contribution in [0.3, 0.4) is 0 Å². The fraction of sp³-hybridized carbons (Fsp3) is 0. The van der Waals surface area contributed by atoms with Gasteiger partial charge in [0.2, 0.25) is 0 Å². The Hall–Kier alpha value is -15.6. The summed E-state index contributed by atoms with van der Waals surface area (Å²) in [6.07, 6.45) is 0. The van der Waals surface area contributed by atoms with Crippen molar-refractivity contribution in [1.29, 1.82) is 0 Å². The zero-order valence-electron chi connectivity index (χ0n) is 63.9. The van der Waals surface area contributed by atoms with Crippen molar-refractivity contribution in [2.24, 2.45) is 0 Å². The molecule has 0 radical (unpaired) electrons. The first-order chi connectivity index (χ1) is 57.8. The minimum absolute atomic E-state index is 0.00939. The molecule has 6 nitrogen and oxygen atoms in total. The van der Waals surface area contributed by atoms with Gasteiger partial charge < -0.3 is 0 Å². The summed E-state index contributed by atoms with van der Waals surface area (Å²) in [5.41, 5.74) is 25.4. The van der Waals surface area contributed by atoms with Crippen molar-refractivity contribution in [3.8, 4) is 117 Å². The summed E-state index contributed by atoms with van der Waals surface area (Å²) in [6.45, 7) is 0. The smallest absolute Gasteiger partial charge is 0.263 e. The molecule has 21 aromatic rings. The van der Waals surface area contributed by atoms with Crippen LogP contribution in [-0.2, 0) is 0 Å². The van der Waals surface area contributed by atoms with Gasteiger partial charge in [-0.05, 0) is 178 Å². The Bertz CT molecular complexity index is 7440. The maximum absolute atomic E-state index is 14.2. The molecule has 0 aliphatic carbocycles. The van der Waals surface area contributed by atoms with Gasteiger partial charge in [-0.3, -0.25) is 28.1 Å². The summed E-state index contributed by atoms with van der Waals surface area (Å²) in [5.74, 6) is 0. The van der Waals surface area contributed by atoms with E-state index in [2.05, 4.69) is 285 Å². The Labute approximate surface area is 677 Å². The van der Waals surface area contributed by atoms with Gasteiger partial charge in [-0.2, -0.15) is 0 Å². The predicted molar refractivity (Wildman–Crippen MR) is 490 cm³/mol. The van der Waals surface area contributed by atoms with E-state index in [1.807, 2.05) is 184 Å². The summed E-state index contributed by atoms with van der Waals surface area (Å²) in [4.78, 5) is 42.4. The molecule has 117 heavy (non-hydrogen) atoms. The van der Waals surface area contributed by atoms with E-state index in [9.17, 15) is 14.4 Å². The summed E-state index contributed by atoms with van der Waals surface area (Å²) in [7, 11) is 0. The molecule has 0 unspecified atom stereocenters. The molecule has 552 valence electrons. The summed E-state index contributed by atoms with van der Waals surface area (Å²) >= 11 is 0. The molecule has 18 aromatic carbocycles. The first-order valence-electron chi connectivity index (χ1n) is 39.5. The Balaban J connectivity index is 0.000000118. The lowest BCUT2D eigenvalue weighted by Crippen LogP contribution is -2.20. The number of hydrogen-bond acceptors (Lipinski definition) is 3. The van der Waals surface area contributed by atoms with E-state index in [1.54, 1.807) is 0 Å². The van der Waals surface area contributed by atoms with Crippen LogP contribution in [0.4, 0.5) is 0 Å². The van der Waals surface area contributed by atoms with Crippen molar-refractivity contribution < 1.29 is 0 Å². The van der Waals surface area contributed by atoms with Gasteiger partial charge in [-0.1, -0.05) is 382 Å². The molecule has 0 atom stereocenters. The van der Waals surface area contributed by atoms with Crippen molar-refractivity contribution in [3.05, 3.63) is 486 Å². The monoisotopic (exact) mass is 1500 g/mol. The second-order valence-corrected chi connectivity index (χ2v) is 29.2. The molecule has 21 rings (SSSR count). The third-order valence-electron chi connectivity index (χ3n) is 22.3. The highest BCUT2D eigenvalue weighted by Crippen LogP contribution is 2.41. The van der Waals surface area contributed by atoms with Gasteiger partial charge in [0, 0.05) is 54.8 Å². The zero-order chi connectivity index (χ0) is 78.5. The highest BCUT2D eigenvalue weighted by molar-refractivity contribution is 6.12. The summed E-state index contributed by atoms with van der Waals surface area (Å²) in [5, 5.41) is 8.20. The standard InChI is InChI=1S/C43H29NO.C37H25NO.C31H21NO/c45-43-40-22-12-11-21-39(40)41-29-33(38-20-10-9-18-36(38)31-15-5-2-6-16-31)25-28-42(41)44(43)34-26-23-32(24-27-34)37-19-8-7-17-35(37)30-13-3-1-4-14-30;39-37-35-25-30(27-12-6-2-7-13-27)18-22-33(35)34-24-31(28-14-8-3-9-15-28)19-23-36(34)38(37)32-20-16-29(17-21-32)26-10-4-1-5-11-26;33-31-28-18-8-7-17-26(28)27-20-11-19-25(23-14-5-2-6-15-23)30(27)32(31)29-21-10-9-16-24(29)22-12-3-1-4-13-22/h1-29H;1-25H;1-21H. The Morgan fingerprint density at radius 3 is 0.880 bits per heavy atom. The molecule has 0 saturated carbocycles. The van der Waals surface area contributed by atoms with Crippen LogP contribution in [0.5, 0.6) is 0 Å². The molecule has 0 spiro atoms. The molecule has 0 fully saturated rings. The van der Waals surface area contributed by atoms with E-state index in [4.69, 9.17) is 0 Å². The van der Waals surface area contributed by atoms with Crippen LogP contribution >= 0.6 is 0 Å². The quantitative estimate of drug-likeness (QED) is 0.115. The van der Waals surface area contributed by atoms with Crippen LogP contribution in [0.25, 0.3) is 182 Å². The molecule has 0 amide bonds. The van der Waals surface area contributed by atoms with Crippen molar-refractivity contribution in [1.82, 2.24) is 13.7 Å². The van der Waals surface area contributed by atoms with Crippen LogP contribution < -0.4 is 16.7 Å². The molecule has 0 saturated heterocycles. The highest BCUT2D eigenvalue weighted by atomic mass is 16.1. The lowest BCUT2D eigenvalue weighted by molar-refractivity contribution is 1.06. The number of hydrogen-bond donors (Lipinski definition) is 0. The Morgan fingerprint density at radius 2 is 0.410 bits per heavy atom. The molecule has 0 aliphatic heterocycles. The number of benzene rings is 18. The lowest BCUT2D eigenvalue weighted by atomic mass is 9.93. The normalized spacial score (nSPS) is 11.2. The minimum Gasteiger partial charge on any atom is -0.276 e. The average Bonchev–Trinajstić information content (AvgIpc) is 0.738. The number of rotatable bonds is 12. The molecular weight excluding hydrogens is 1420 g/mol. The number of aromatic nitrogens is 3. The van der Waals surface area contributed by atoms with Crippen LogP contribution in [-0.4, -0.2) is 13.7 Å². The van der Waals surface area contributed by atoms with E-state index >= 15 is 0 Å². The number of para-hydroxylation sites is 2. The van der Waals surface area contributed by atoms with Gasteiger partial charge in [0.05, 0.1) is 22.2 Å². The van der Waals surface area contributed by atoms with Crippen LogP contribution in [0.15, 0.2) is 469 Å². The molecule has 3 heterocycles. The zero-order valence-corrected chi connectivity index (χ0v) is 63.9. The van der Waals surface area contributed by atoms with E-state index in [0.29, 0.717) is 10.8 Å². The van der Waals surface area contributed by atoms with Crippen LogP contribution in [0, 0.1) is 0 Å². The van der Waals surface area contributed by atoms with E-state index in [-0.39, 0.29) is 16.7 Å². The Kier molecular flexibility index (Phi) is 19.5. The van der Waals surface area contributed by atoms with Gasteiger partial charge in [-0.15, -0.1) is 0 Å². The third-order valence-corrected chi connectivity index (χ3v) is 22.3. The van der Waals surface area contributed by atoms with Gasteiger partial charge in [0.15, 0.2) is 0 Å². The average molecular weight is 1500 g/mol. The van der Waals surface area contributed by atoms with Crippen molar-refractivity contribution in [2.75, 3.05) is 0 Å². The molecule has 0 bridgehead atoms. The molecule has 6 heteroatoms. The first kappa shape index (κ1) is 71.7. The second-order valence-electron chi connectivity index (χ2n) is 29.2. The van der Waals surface area contributed by atoms with Gasteiger partial charge in [0.25, 0.3) is 16.7 Å². The molecule has 3 aromatic heterocycles. The highest BCUT2D eigenvalue weighted by Gasteiger charge is 2.22. The van der Waals surface area contributed by atoms with Gasteiger partial charge in [0.1, 0.15) is 0 Å². The molecular formula is C111H75N3O3. The maximum Gasteiger partial charge on any atom is 0.263 e. The maximum atomic E-state index is 14.2. The SMILES string of the molecule is O=c1c2cc(-c3ccccc3)ccc2c2cc(-c3ccccc3)ccc2n1-c1ccc(-c2ccccc2)cc1.O=c1c2ccccc2c2cc(-c3ccccc3-c3ccccc3)ccc2n1-c1ccc(-c2ccccc2-c2ccccc2)cc1.O=c1c2ccccc2c2cccc(-c3ccccc3)c2n1-c1ccccc1-c1ccccc1. The molecule has 0 N–H and O–H groups in total. The van der Waals surface area contributed by atoms with Crippen LogP contribution in [0.1, 0.15) is 0 Å². The third kappa shape index (κ3) is 13.9. The van der Waals surface area contributed by atoms with Gasteiger partial charge >= 0.3 is 0 Å². The van der Waals surface area contributed by atoms with Gasteiger partial charge in [-0.25, -0.2) is 0 Å². The Morgan fingerprint density at radius 1 is 0.145 bits per heavy atom. The fourth-order valence-corrected chi connectivity index (χ4v) is 16.7. The molecule has 0 aliphatic rings. The lowest BCUT2D eigenvalue weighted by Gasteiger charge is -2.19. The number of fused-ring (bicyclic) bond motifs is 9. The largest absolute Gasteiger partial charge is 0.276 e. The van der Waals surface area contributed by atoms with Crippen LogP contribution in [0.2, 0.25) is 0 Å². The number of pyridine rings is 3. The fourth-order valence-electron chi connectivity index (χ4n) is 16.7. The minimum atomic E-state index is -0.0204. The van der Waals surface area contributed by atoms with Crippen molar-refractivity contribution >= 4 is 65.0 Å². The summed E-state index contributed by atoms with van der Waals surface area (Å²) < 4.78 is 5.62. The van der Waals surface area contributed by atoms with Crippen molar-refractivity contribution in [3.63, 3.8) is 0 Å².